The second kappa shape index (κ2) is 6.30. The molecule has 0 unspecified atom stereocenters. The van der Waals surface area contributed by atoms with Crippen LogP contribution in [-0.2, 0) is 5.67 Å². The van der Waals surface area contributed by atoms with Gasteiger partial charge in [-0.15, -0.1) is 0 Å². The van der Waals surface area contributed by atoms with Crippen LogP contribution in [0.1, 0.15) is 48.0 Å². The monoisotopic (exact) mass is 298 g/mol. The van der Waals surface area contributed by atoms with Gasteiger partial charge in [-0.25, -0.2) is 9.18 Å². The number of rotatable bonds is 3. The van der Waals surface area contributed by atoms with Crippen molar-refractivity contribution in [2.24, 2.45) is 0 Å². The minimum absolute atomic E-state index is 0.402. The van der Waals surface area contributed by atoms with E-state index in [4.69, 9.17) is 4.74 Å². The van der Waals surface area contributed by atoms with Crippen LogP contribution in [0.15, 0.2) is 54.6 Å². The van der Waals surface area contributed by atoms with E-state index in [1.54, 1.807) is 48.5 Å². The van der Waals surface area contributed by atoms with E-state index in [2.05, 4.69) is 0 Å². The summed E-state index contributed by atoms with van der Waals surface area (Å²) >= 11 is 0. The number of esters is 1. The predicted octanol–water partition coefficient (Wildman–Crippen LogP) is 5.03. The van der Waals surface area contributed by atoms with Crippen LogP contribution in [0.5, 0.6) is 5.75 Å². The second-order valence-electron chi connectivity index (χ2n) is 5.81. The van der Waals surface area contributed by atoms with Gasteiger partial charge in [-0.1, -0.05) is 36.8 Å². The van der Waals surface area contributed by atoms with E-state index in [9.17, 15) is 9.18 Å². The lowest BCUT2D eigenvalue weighted by Gasteiger charge is -2.29. The van der Waals surface area contributed by atoms with Crippen LogP contribution in [0, 0.1) is 0 Å². The molecule has 3 heteroatoms. The van der Waals surface area contributed by atoms with E-state index >= 15 is 0 Å². The molecule has 0 saturated heterocycles. The highest BCUT2D eigenvalue weighted by molar-refractivity contribution is 5.90. The fraction of sp³-hybridized carbons (Fsp3) is 0.316. The summed E-state index contributed by atoms with van der Waals surface area (Å²) in [5, 5.41) is 0. The van der Waals surface area contributed by atoms with Gasteiger partial charge in [0.2, 0.25) is 0 Å². The third-order valence-corrected chi connectivity index (χ3v) is 4.24. The molecule has 2 nitrogen and oxygen atoms in total. The minimum Gasteiger partial charge on any atom is -0.423 e. The Balaban J connectivity index is 1.70. The number of halogens is 1. The molecule has 0 atom stereocenters. The molecule has 0 N–H and O–H groups in total. The summed E-state index contributed by atoms with van der Waals surface area (Å²) in [5.41, 5.74) is -0.0345. The van der Waals surface area contributed by atoms with Gasteiger partial charge in [0.15, 0.2) is 0 Å². The molecule has 114 valence electrons. The molecule has 2 aromatic rings. The van der Waals surface area contributed by atoms with Crippen molar-refractivity contribution in [2.75, 3.05) is 0 Å². The van der Waals surface area contributed by atoms with Crippen LogP contribution in [0.2, 0.25) is 0 Å². The lowest BCUT2D eigenvalue weighted by atomic mass is 9.81. The van der Waals surface area contributed by atoms with E-state index in [1.165, 1.54) is 0 Å². The molecule has 0 spiro atoms. The van der Waals surface area contributed by atoms with Gasteiger partial charge in [0.05, 0.1) is 5.56 Å². The molecule has 0 amide bonds. The van der Waals surface area contributed by atoms with Crippen molar-refractivity contribution in [2.45, 2.75) is 37.8 Å². The van der Waals surface area contributed by atoms with Crippen molar-refractivity contribution < 1.29 is 13.9 Å². The van der Waals surface area contributed by atoms with Crippen molar-refractivity contribution in [3.05, 3.63) is 65.7 Å². The Kier molecular flexibility index (Phi) is 4.23. The molecule has 1 fully saturated rings. The van der Waals surface area contributed by atoms with Gasteiger partial charge in [-0.2, -0.15) is 0 Å². The molecule has 0 heterocycles. The van der Waals surface area contributed by atoms with Gasteiger partial charge < -0.3 is 4.74 Å². The average molecular weight is 298 g/mol. The van der Waals surface area contributed by atoms with Crippen molar-refractivity contribution >= 4 is 5.97 Å². The molecule has 0 aliphatic heterocycles. The SMILES string of the molecule is O=C(Oc1ccc(C2(F)CCCCC2)cc1)c1ccccc1. The molecule has 3 rings (SSSR count). The molecular weight excluding hydrogens is 279 g/mol. The summed E-state index contributed by atoms with van der Waals surface area (Å²) in [6, 6.07) is 15.6. The summed E-state index contributed by atoms with van der Waals surface area (Å²) in [6.07, 6.45) is 4.13. The third kappa shape index (κ3) is 3.19. The van der Waals surface area contributed by atoms with E-state index in [0.29, 0.717) is 29.7 Å². The fourth-order valence-corrected chi connectivity index (χ4v) is 2.96. The Morgan fingerprint density at radius 3 is 2.18 bits per heavy atom. The van der Waals surface area contributed by atoms with Crippen molar-refractivity contribution in [3.8, 4) is 5.75 Å². The quantitative estimate of drug-likeness (QED) is 0.586. The van der Waals surface area contributed by atoms with E-state index in [1.807, 2.05) is 6.07 Å². The first-order chi connectivity index (χ1) is 10.7. The number of hydrogen-bond acceptors (Lipinski definition) is 2. The summed E-state index contributed by atoms with van der Waals surface area (Å²) < 4.78 is 20.2. The molecule has 1 saturated carbocycles. The number of carbonyl (C=O) groups is 1. The van der Waals surface area contributed by atoms with E-state index in [-0.39, 0.29) is 0 Å². The first-order valence-corrected chi connectivity index (χ1v) is 7.74. The van der Waals surface area contributed by atoms with Crippen molar-refractivity contribution in [1.29, 1.82) is 0 Å². The van der Waals surface area contributed by atoms with Crippen LogP contribution < -0.4 is 4.74 Å². The Morgan fingerprint density at radius 1 is 0.909 bits per heavy atom. The molecule has 1 aliphatic rings. The largest absolute Gasteiger partial charge is 0.423 e. The lowest BCUT2D eigenvalue weighted by molar-refractivity contribution is 0.0734. The van der Waals surface area contributed by atoms with Crippen LogP contribution in [0.3, 0.4) is 0 Å². The first-order valence-electron chi connectivity index (χ1n) is 7.74. The van der Waals surface area contributed by atoms with Crippen LogP contribution in [0.25, 0.3) is 0 Å². The van der Waals surface area contributed by atoms with Gasteiger partial charge in [0, 0.05) is 0 Å². The van der Waals surface area contributed by atoms with Crippen molar-refractivity contribution in [1.82, 2.24) is 0 Å². The maximum atomic E-state index is 14.9. The predicted molar refractivity (Wildman–Crippen MR) is 83.7 cm³/mol. The maximum absolute atomic E-state index is 14.9. The Hall–Kier alpha value is -2.16. The van der Waals surface area contributed by atoms with E-state index in [0.717, 1.165) is 19.3 Å². The number of carbonyl (C=O) groups excluding carboxylic acids is 1. The molecule has 0 bridgehead atoms. The van der Waals surface area contributed by atoms with Gasteiger partial charge in [0.1, 0.15) is 11.4 Å². The Morgan fingerprint density at radius 2 is 1.55 bits per heavy atom. The second-order valence-corrected chi connectivity index (χ2v) is 5.81. The standard InChI is InChI=1S/C19H19FO2/c20-19(13-5-2-6-14-19)16-9-11-17(12-10-16)22-18(21)15-7-3-1-4-8-15/h1,3-4,7-12H,2,5-6,13-14H2. The zero-order valence-corrected chi connectivity index (χ0v) is 12.4. The normalized spacial score (nSPS) is 17.0. The summed E-state index contributed by atoms with van der Waals surface area (Å²) in [4.78, 5) is 12.0. The van der Waals surface area contributed by atoms with E-state index < -0.39 is 11.6 Å². The highest BCUT2D eigenvalue weighted by Crippen LogP contribution is 2.41. The Bertz CT molecular complexity index is 628. The molecule has 22 heavy (non-hydrogen) atoms. The third-order valence-electron chi connectivity index (χ3n) is 4.24. The molecule has 1 aliphatic carbocycles. The number of hydrogen-bond donors (Lipinski definition) is 0. The molecule has 0 aromatic heterocycles. The van der Waals surface area contributed by atoms with Crippen LogP contribution in [-0.4, -0.2) is 5.97 Å². The molecular formula is C19H19FO2. The average Bonchev–Trinajstić information content (AvgIpc) is 2.57. The summed E-state index contributed by atoms with van der Waals surface area (Å²) in [6.45, 7) is 0. The number of ether oxygens (including phenoxy) is 1. The maximum Gasteiger partial charge on any atom is 0.343 e. The smallest absolute Gasteiger partial charge is 0.343 e. The molecule has 2 aromatic carbocycles. The Labute approximate surface area is 129 Å². The van der Waals surface area contributed by atoms with Crippen LogP contribution >= 0.6 is 0 Å². The summed E-state index contributed by atoms with van der Waals surface area (Å²) in [5.74, 6) is 0.0398. The topological polar surface area (TPSA) is 26.3 Å². The molecule has 0 radical (unpaired) electrons. The highest BCUT2D eigenvalue weighted by Gasteiger charge is 2.33. The fourth-order valence-electron chi connectivity index (χ4n) is 2.96. The van der Waals surface area contributed by atoms with Crippen molar-refractivity contribution in [3.63, 3.8) is 0 Å². The zero-order chi connectivity index (χ0) is 15.4. The van der Waals surface area contributed by atoms with Crippen LogP contribution in [0.4, 0.5) is 4.39 Å². The highest BCUT2D eigenvalue weighted by atomic mass is 19.1. The first kappa shape index (κ1) is 14.8. The minimum atomic E-state index is -1.22. The van der Waals surface area contributed by atoms with Gasteiger partial charge >= 0.3 is 5.97 Å². The van der Waals surface area contributed by atoms with Gasteiger partial charge in [-0.3, -0.25) is 0 Å². The zero-order valence-electron chi connectivity index (χ0n) is 12.4. The lowest BCUT2D eigenvalue weighted by Crippen LogP contribution is -2.23. The van der Waals surface area contributed by atoms with Gasteiger partial charge in [-0.05, 0) is 55.5 Å². The number of alkyl halides is 1. The number of benzene rings is 2. The van der Waals surface area contributed by atoms with Gasteiger partial charge in [0.25, 0.3) is 0 Å². The summed E-state index contributed by atoms with van der Waals surface area (Å²) in [7, 11) is 0.